The molecule has 1 amide bonds. The normalized spacial score (nSPS) is 18.0. The largest absolute Gasteiger partial charge is 0.361 e. The Bertz CT molecular complexity index is 884. The van der Waals surface area contributed by atoms with E-state index < -0.39 is 0 Å². The molecule has 1 saturated heterocycles. The van der Waals surface area contributed by atoms with Crippen molar-refractivity contribution in [2.75, 3.05) is 19.6 Å². The lowest BCUT2D eigenvalue weighted by Crippen LogP contribution is -2.40. The minimum absolute atomic E-state index is 0.00332. The molecule has 1 aromatic carbocycles. The Kier molecular flexibility index (Phi) is 4.23. The average Bonchev–Trinajstić information content (AvgIpc) is 3.38. The highest BCUT2D eigenvalue weighted by Crippen LogP contribution is 2.25. The standard InChI is InChI=1S/C18H21N5O2/c1-2-23-10-4-5-12(23)11-20-17(24)18-21-16(22-25-18)14-6-3-7-15-13(14)8-9-19-15/h3,6-9,12,19H,2,4-5,10-11H2,1H3,(H,20,24)/t12-/m1/s1. The van der Waals surface area contributed by atoms with Crippen LogP contribution in [-0.2, 0) is 0 Å². The Morgan fingerprint density at radius 1 is 1.44 bits per heavy atom. The first kappa shape index (κ1) is 15.8. The number of nitrogens with zero attached hydrogens (tertiary/aromatic N) is 3. The molecular weight excluding hydrogens is 318 g/mol. The fourth-order valence-corrected chi connectivity index (χ4v) is 3.53. The first-order valence-electron chi connectivity index (χ1n) is 8.68. The zero-order valence-corrected chi connectivity index (χ0v) is 14.2. The topological polar surface area (TPSA) is 87.0 Å². The third-order valence-corrected chi connectivity index (χ3v) is 4.86. The molecule has 0 spiro atoms. The van der Waals surface area contributed by atoms with E-state index in [4.69, 9.17) is 4.52 Å². The van der Waals surface area contributed by atoms with Crippen molar-refractivity contribution in [3.8, 4) is 11.4 Å². The number of aromatic amines is 1. The van der Waals surface area contributed by atoms with Crippen molar-refractivity contribution in [3.05, 3.63) is 36.4 Å². The van der Waals surface area contributed by atoms with Crippen LogP contribution in [0.1, 0.15) is 30.5 Å². The fraction of sp³-hybridized carbons (Fsp3) is 0.389. The number of carbonyl (C=O) groups is 1. The summed E-state index contributed by atoms with van der Waals surface area (Å²) in [5.41, 5.74) is 1.84. The van der Waals surface area contributed by atoms with Crippen LogP contribution in [0.25, 0.3) is 22.3 Å². The van der Waals surface area contributed by atoms with Gasteiger partial charge in [-0.1, -0.05) is 24.2 Å². The van der Waals surface area contributed by atoms with Crippen LogP contribution >= 0.6 is 0 Å². The van der Waals surface area contributed by atoms with E-state index in [2.05, 4.69) is 32.3 Å². The summed E-state index contributed by atoms with van der Waals surface area (Å²) in [6.07, 6.45) is 4.15. The van der Waals surface area contributed by atoms with Gasteiger partial charge in [-0.05, 0) is 38.1 Å². The van der Waals surface area contributed by atoms with Crippen molar-refractivity contribution < 1.29 is 9.32 Å². The average molecular weight is 339 g/mol. The zero-order valence-electron chi connectivity index (χ0n) is 14.2. The Balaban J connectivity index is 1.47. The van der Waals surface area contributed by atoms with Gasteiger partial charge in [0.2, 0.25) is 5.82 Å². The van der Waals surface area contributed by atoms with Crippen molar-refractivity contribution in [1.29, 1.82) is 0 Å². The Labute approximate surface area is 145 Å². The summed E-state index contributed by atoms with van der Waals surface area (Å²) in [5.74, 6) is 0.109. The summed E-state index contributed by atoms with van der Waals surface area (Å²) in [5, 5.41) is 7.90. The van der Waals surface area contributed by atoms with E-state index in [1.54, 1.807) is 0 Å². The quantitative estimate of drug-likeness (QED) is 0.745. The molecule has 3 heterocycles. The molecule has 1 fully saturated rings. The number of likely N-dealkylation sites (N-methyl/N-ethyl adjacent to an activating group) is 1. The van der Waals surface area contributed by atoms with E-state index in [0.717, 1.165) is 36.0 Å². The highest BCUT2D eigenvalue weighted by atomic mass is 16.5. The molecule has 0 unspecified atom stereocenters. The molecule has 1 atom stereocenters. The molecule has 7 nitrogen and oxygen atoms in total. The van der Waals surface area contributed by atoms with Crippen molar-refractivity contribution >= 4 is 16.8 Å². The first-order valence-corrected chi connectivity index (χ1v) is 8.68. The van der Waals surface area contributed by atoms with Gasteiger partial charge in [-0.2, -0.15) is 4.98 Å². The van der Waals surface area contributed by atoms with Gasteiger partial charge in [0.1, 0.15) is 0 Å². The maximum atomic E-state index is 12.3. The summed E-state index contributed by atoms with van der Waals surface area (Å²) in [6.45, 7) is 4.86. The predicted octanol–water partition coefficient (Wildman–Crippen LogP) is 2.43. The van der Waals surface area contributed by atoms with Crippen LogP contribution in [0.2, 0.25) is 0 Å². The lowest BCUT2D eigenvalue weighted by Gasteiger charge is -2.22. The van der Waals surface area contributed by atoms with Crippen LogP contribution in [0.3, 0.4) is 0 Å². The molecule has 1 aliphatic heterocycles. The van der Waals surface area contributed by atoms with Crippen LogP contribution < -0.4 is 5.32 Å². The third-order valence-electron chi connectivity index (χ3n) is 4.86. The number of rotatable bonds is 5. The van der Waals surface area contributed by atoms with Crippen molar-refractivity contribution in [2.24, 2.45) is 0 Å². The number of benzene rings is 1. The molecule has 2 aromatic heterocycles. The molecule has 7 heteroatoms. The van der Waals surface area contributed by atoms with Crippen LogP contribution in [-0.4, -0.2) is 51.6 Å². The second-order valence-corrected chi connectivity index (χ2v) is 6.30. The highest BCUT2D eigenvalue weighted by molar-refractivity contribution is 5.94. The maximum Gasteiger partial charge on any atom is 0.316 e. The molecule has 1 aliphatic rings. The second-order valence-electron chi connectivity index (χ2n) is 6.30. The van der Waals surface area contributed by atoms with E-state index in [1.165, 1.54) is 6.42 Å². The van der Waals surface area contributed by atoms with E-state index in [9.17, 15) is 4.79 Å². The van der Waals surface area contributed by atoms with E-state index >= 15 is 0 Å². The number of likely N-dealkylation sites (tertiary alicyclic amines) is 1. The molecule has 25 heavy (non-hydrogen) atoms. The van der Waals surface area contributed by atoms with Gasteiger partial charge in [0.25, 0.3) is 0 Å². The molecule has 0 saturated carbocycles. The summed E-state index contributed by atoms with van der Waals surface area (Å²) in [6, 6.07) is 8.17. The number of carbonyl (C=O) groups excluding carboxylic acids is 1. The number of nitrogens with one attached hydrogen (secondary N) is 2. The monoisotopic (exact) mass is 339 g/mol. The highest BCUT2D eigenvalue weighted by Gasteiger charge is 2.24. The number of H-pyrrole nitrogens is 1. The second kappa shape index (κ2) is 6.68. The first-order chi connectivity index (χ1) is 12.3. The molecule has 0 radical (unpaired) electrons. The van der Waals surface area contributed by atoms with Crippen molar-refractivity contribution in [3.63, 3.8) is 0 Å². The third kappa shape index (κ3) is 3.02. The molecule has 0 aliphatic carbocycles. The van der Waals surface area contributed by atoms with Gasteiger partial charge in [-0.15, -0.1) is 0 Å². The zero-order chi connectivity index (χ0) is 17.2. The van der Waals surface area contributed by atoms with Gasteiger partial charge in [0.05, 0.1) is 0 Å². The smallest absolute Gasteiger partial charge is 0.316 e. The van der Waals surface area contributed by atoms with Crippen LogP contribution in [0, 0.1) is 0 Å². The van der Waals surface area contributed by atoms with E-state index in [-0.39, 0.29) is 11.8 Å². The number of hydrogen-bond acceptors (Lipinski definition) is 5. The molecule has 2 N–H and O–H groups in total. The van der Waals surface area contributed by atoms with Crippen molar-refractivity contribution in [1.82, 2.24) is 25.3 Å². The van der Waals surface area contributed by atoms with Gasteiger partial charge >= 0.3 is 11.8 Å². The summed E-state index contributed by atoms with van der Waals surface area (Å²) >= 11 is 0. The molecule has 0 bridgehead atoms. The number of amides is 1. The van der Waals surface area contributed by atoms with Gasteiger partial charge in [-0.25, -0.2) is 0 Å². The van der Waals surface area contributed by atoms with Gasteiger partial charge in [0.15, 0.2) is 0 Å². The minimum Gasteiger partial charge on any atom is -0.361 e. The van der Waals surface area contributed by atoms with E-state index in [0.29, 0.717) is 18.4 Å². The molecular formula is C18H21N5O2. The van der Waals surface area contributed by atoms with Gasteiger partial charge in [-0.3, -0.25) is 9.69 Å². The Hall–Kier alpha value is -2.67. The Morgan fingerprint density at radius 2 is 2.36 bits per heavy atom. The fourth-order valence-electron chi connectivity index (χ4n) is 3.53. The van der Waals surface area contributed by atoms with Crippen molar-refractivity contribution in [2.45, 2.75) is 25.8 Å². The van der Waals surface area contributed by atoms with Gasteiger partial charge < -0.3 is 14.8 Å². The minimum atomic E-state index is -0.317. The molecule has 4 rings (SSSR count). The maximum absolute atomic E-state index is 12.3. The number of fused-ring (bicyclic) bond motifs is 1. The number of hydrogen-bond donors (Lipinski definition) is 2. The summed E-state index contributed by atoms with van der Waals surface area (Å²) in [7, 11) is 0. The summed E-state index contributed by atoms with van der Waals surface area (Å²) < 4.78 is 5.18. The number of aromatic nitrogens is 3. The van der Waals surface area contributed by atoms with Gasteiger partial charge in [0, 0.05) is 35.2 Å². The van der Waals surface area contributed by atoms with E-state index in [1.807, 2.05) is 30.5 Å². The predicted molar refractivity (Wildman–Crippen MR) is 94.2 cm³/mol. The summed E-state index contributed by atoms with van der Waals surface area (Å²) in [4.78, 5) is 22.1. The SMILES string of the molecule is CCN1CCC[C@@H]1CNC(=O)c1nc(-c2cccc3[nH]ccc23)no1. The molecule has 130 valence electrons. The lowest BCUT2D eigenvalue weighted by atomic mass is 10.1. The van der Waals surface area contributed by atoms with Crippen LogP contribution in [0.4, 0.5) is 0 Å². The Morgan fingerprint density at radius 3 is 3.24 bits per heavy atom. The molecule has 3 aromatic rings. The lowest BCUT2D eigenvalue weighted by molar-refractivity contribution is 0.0897. The van der Waals surface area contributed by atoms with Crippen LogP contribution in [0.15, 0.2) is 35.0 Å². The van der Waals surface area contributed by atoms with Crippen LogP contribution in [0.5, 0.6) is 0 Å².